The Hall–Kier alpha value is -3.59. The third-order valence-electron chi connectivity index (χ3n) is 5.61. The standard InChI is InChI=1S/C25H28N4O2/c1-5-18(4)27-24(30)22(17(2)3)29(20-12-7-6-8-13-20)25(31)23-21-14-10-9-11-19(21)15-28(23)16-26/h6-14,18,22-23H,2,5,15H2,1,3-4H3,(H,27,30). The fourth-order valence-corrected chi connectivity index (χ4v) is 3.86. The number of nitriles is 1. The number of carbonyl (C=O) groups is 2. The highest BCUT2D eigenvalue weighted by molar-refractivity contribution is 6.05. The summed E-state index contributed by atoms with van der Waals surface area (Å²) in [6, 6.07) is 14.9. The van der Waals surface area contributed by atoms with Crippen molar-refractivity contribution in [2.45, 2.75) is 51.9 Å². The molecule has 6 nitrogen and oxygen atoms in total. The van der Waals surface area contributed by atoms with Crippen molar-refractivity contribution in [2.75, 3.05) is 4.90 Å². The molecule has 3 atom stereocenters. The lowest BCUT2D eigenvalue weighted by Gasteiger charge is -2.35. The molecule has 0 saturated carbocycles. The van der Waals surface area contributed by atoms with Gasteiger partial charge in [0.15, 0.2) is 6.19 Å². The van der Waals surface area contributed by atoms with Crippen molar-refractivity contribution in [3.8, 4) is 6.19 Å². The number of hydrogen-bond donors (Lipinski definition) is 1. The van der Waals surface area contributed by atoms with Gasteiger partial charge in [-0.3, -0.25) is 19.4 Å². The van der Waals surface area contributed by atoms with Gasteiger partial charge in [0.05, 0.1) is 6.54 Å². The maximum atomic E-state index is 14.0. The van der Waals surface area contributed by atoms with E-state index >= 15 is 0 Å². The number of anilines is 1. The first-order valence-electron chi connectivity index (χ1n) is 10.5. The van der Waals surface area contributed by atoms with Crippen LogP contribution in [0.4, 0.5) is 5.69 Å². The molecule has 2 amide bonds. The van der Waals surface area contributed by atoms with Gasteiger partial charge in [-0.15, -0.1) is 0 Å². The molecular formula is C25H28N4O2. The van der Waals surface area contributed by atoms with Crippen molar-refractivity contribution < 1.29 is 9.59 Å². The largest absolute Gasteiger partial charge is 0.352 e. The number of para-hydroxylation sites is 1. The second-order valence-electron chi connectivity index (χ2n) is 7.94. The molecule has 160 valence electrons. The summed E-state index contributed by atoms with van der Waals surface area (Å²) < 4.78 is 0. The van der Waals surface area contributed by atoms with Crippen LogP contribution in [0.25, 0.3) is 0 Å². The minimum absolute atomic E-state index is 0.0371. The van der Waals surface area contributed by atoms with Crippen molar-refractivity contribution in [1.82, 2.24) is 10.2 Å². The monoisotopic (exact) mass is 416 g/mol. The van der Waals surface area contributed by atoms with Crippen LogP contribution in [0.1, 0.15) is 44.4 Å². The van der Waals surface area contributed by atoms with Gasteiger partial charge in [-0.1, -0.05) is 56.0 Å². The zero-order valence-electron chi connectivity index (χ0n) is 18.2. The molecule has 0 spiro atoms. The maximum absolute atomic E-state index is 14.0. The zero-order chi connectivity index (χ0) is 22.5. The summed E-state index contributed by atoms with van der Waals surface area (Å²) in [7, 11) is 0. The topological polar surface area (TPSA) is 76.4 Å². The summed E-state index contributed by atoms with van der Waals surface area (Å²) in [5.41, 5.74) is 2.86. The van der Waals surface area contributed by atoms with E-state index in [4.69, 9.17) is 0 Å². The van der Waals surface area contributed by atoms with Gasteiger partial charge in [0.1, 0.15) is 12.1 Å². The number of nitrogens with one attached hydrogen (secondary N) is 1. The van der Waals surface area contributed by atoms with E-state index in [9.17, 15) is 14.9 Å². The highest BCUT2D eigenvalue weighted by Gasteiger charge is 2.42. The molecule has 1 aliphatic heterocycles. The Morgan fingerprint density at radius 1 is 1.23 bits per heavy atom. The summed E-state index contributed by atoms with van der Waals surface area (Å²) in [5, 5.41) is 12.7. The highest BCUT2D eigenvalue weighted by Crippen LogP contribution is 2.36. The van der Waals surface area contributed by atoms with Gasteiger partial charge in [0.25, 0.3) is 5.91 Å². The molecule has 1 heterocycles. The Morgan fingerprint density at radius 2 is 1.87 bits per heavy atom. The van der Waals surface area contributed by atoms with Gasteiger partial charge in [-0.25, -0.2) is 0 Å². The first-order chi connectivity index (χ1) is 14.9. The number of benzene rings is 2. The summed E-state index contributed by atoms with van der Waals surface area (Å²) in [6.45, 7) is 10.0. The van der Waals surface area contributed by atoms with Crippen LogP contribution in [-0.2, 0) is 16.1 Å². The summed E-state index contributed by atoms with van der Waals surface area (Å²) in [4.78, 5) is 30.2. The van der Waals surface area contributed by atoms with E-state index in [1.807, 2.05) is 56.3 Å². The Morgan fingerprint density at radius 3 is 2.48 bits per heavy atom. The quantitative estimate of drug-likeness (QED) is 0.548. The van der Waals surface area contributed by atoms with Gasteiger partial charge in [0, 0.05) is 11.7 Å². The number of carbonyl (C=O) groups excluding carboxylic acids is 2. The average molecular weight is 417 g/mol. The first kappa shape index (κ1) is 22.1. The minimum atomic E-state index is -0.891. The number of fused-ring (bicyclic) bond motifs is 1. The predicted molar refractivity (Wildman–Crippen MR) is 121 cm³/mol. The summed E-state index contributed by atoms with van der Waals surface area (Å²) >= 11 is 0. The molecule has 0 bridgehead atoms. The lowest BCUT2D eigenvalue weighted by Crippen LogP contribution is -2.54. The van der Waals surface area contributed by atoms with E-state index in [1.54, 1.807) is 19.1 Å². The highest BCUT2D eigenvalue weighted by atomic mass is 16.2. The molecule has 1 aliphatic rings. The predicted octanol–water partition coefficient (Wildman–Crippen LogP) is 3.92. The fraction of sp³-hybridized carbons (Fsp3) is 0.320. The van der Waals surface area contributed by atoms with Crippen molar-refractivity contribution in [1.29, 1.82) is 5.26 Å². The molecule has 2 aromatic carbocycles. The van der Waals surface area contributed by atoms with Gasteiger partial charge < -0.3 is 5.32 Å². The van der Waals surface area contributed by atoms with Crippen LogP contribution in [0, 0.1) is 11.5 Å². The Balaban J connectivity index is 2.09. The van der Waals surface area contributed by atoms with E-state index < -0.39 is 12.1 Å². The van der Waals surface area contributed by atoms with Gasteiger partial charge >= 0.3 is 0 Å². The smallest absolute Gasteiger partial charge is 0.256 e. The molecule has 0 aromatic heterocycles. The van der Waals surface area contributed by atoms with Crippen molar-refractivity contribution in [3.63, 3.8) is 0 Å². The summed E-state index contributed by atoms with van der Waals surface area (Å²) in [6.07, 6.45) is 2.92. The van der Waals surface area contributed by atoms with Crippen LogP contribution in [0.2, 0.25) is 0 Å². The van der Waals surface area contributed by atoms with Crippen LogP contribution in [-0.4, -0.2) is 28.8 Å². The SMILES string of the molecule is C=C(C)C(C(=O)NC(C)CC)N(C(=O)C1c2ccccc2CN1C#N)c1ccccc1. The molecule has 6 heteroatoms. The maximum Gasteiger partial charge on any atom is 0.256 e. The van der Waals surface area contributed by atoms with Crippen LogP contribution < -0.4 is 10.2 Å². The molecule has 0 saturated heterocycles. The van der Waals surface area contributed by atoms with Gasteiger partial charge in [-0.05, 0) is 49.1 Å². The van der Waals surface area contributed by atoms with E-state index in [-0.39, 0.29) is 17.9 Å². The van der Waals surface area contributed by atoms with E-state index in [0.717, 1.165) is 17.5 Å². The van der Waals surface area contributed by atoms with Crippen LogP contribution >= 0.6 is 0 Å². The summed E-state index contributed by atoms with van der Waals surface area (Å²) in [5.74, 6) is -0.612. The fourth-order valence-electron chi connectivity index (χ4n) is 3.86. The Labute approximate surface area is 183 Å². The van der Waals surface area contributed by atoms with Crippen molar-refractivity contribution in [2.24, 2.45) is 0 Å². The van der Waals surface area contributed by atoms with Crippen molar-refractivity contribution in [3.05, 3.63) is 77.9 Å². The Kier molecular flexibility index (Phi) is 6.76. The number of nitrogens with zero attached hydrogens (tertiary/aromatic N) is 3. The first-order valence-corrected chi connectivity index (χ1v) is 10.5. The second kappa shape index (κ2) is 9.48. The lowest BCUT2D eigenvalue weighted by molar-refractivity contribution is -0.128. The zero-order valence-corrected chi connectivity index (χ0v) is 18.2. The van der Waals surface area contributed by atoms with Crippen LogP contribution in [0.15, 0.2) is 66.7 Å². The third-order valence-corrected chi connectivity index (χ3v) is 5.61. The molecular weight excluding hydrogens is 388 g/mol. The van der Waals surface area contributed by atoms with Gasteiger partial charge in [0.2, 0.25) is 5.91 Å². The van der Waals surface area contributed by atoms with E-state index in [2.05, 4.69) is 18.1 Å². The normalized spacial score (nSPS) is 16.6. The van der Waals surface area contributed by atoms with Crippen LogP contribution in [0.3, 0.4) is 0 Å². The molecule has 3 rings (SSSR count). The molecule has 2 aromatic rings. The van der Waals surface area contributed by atoms with E-state index in [1.165, 1.54) is 9.80 Å². The molecule has 0 aliphatic carbocycles. The number of hydrogen-bond acceptors (Lipinski definition) is 4. The Bertz CT molecular complexity index is 1010. The van der Waals surface area contributed by atoms with E-state index in [0.29, 0.717) is 17.8 Å². The molecule has 0 radical (unpaired) electrons. The molecule has 31 heavy (non-hydrogen) atoms. The van der Waals surface area contributed by atoms with Crippen LogP contribution in [0.5, 0.6) is 0 Å². The lowest BCUT2D eigenvalue weighted by atomic mass is 10.00. The second-order valence-corrected chi connectivity index (χ2v) is 7.94. The third kappa shape index (κ3) is 4.46. The number of rotatable bonds is 7. The molecule has 3 unspecified atom stereocenters. The molecule has 1 N–H and O–H groups in total. The number of amides is 2. The minimum Gasteiger partial charge on any atom is -0.352 e. The molecule has 0 fully saturated rings. The average Bonchev–Trinajstić information content (AvgIpc) is 3.15. The van der Waals surface area contributed by atoms with Gasteiger partial charge in [-0.2, -0.15) is 5.26 Å². The van der Waals surface area contributed by atoms with Crippen molar-refractivity contribution >= 4 is 17.5 Å².